The first-order valence-corrected chi connectivity index (χ1v) is 8.74. The van der Waals surface area contributed by atoms with Gasteiger partial charge < -0.3 is 10.1 Å². The van der Waals surface area contributed by atoms with E-state index in [4.69, 9.17) is 4.74 Å². The minimum absolute atomic E-state index is 0.127. The SMILES string of the molecule is COCC(C)CNS(=O)(=O)c1cnn(CCNC2CC2)c1. The normalized spacial score (nSPS) is 17.0. The van der Waals surface area contributed by atoms with Gasteiger partial charge >= 0.3 is 0 Å². The van der Waals surface area contributed by atoms with Gasteiger partial charge in [0.05, 0.1) is 12.7 Å². The lowest BCUT2D eigenvalue weighted by molar-refractivity contribution is 0.161. The molecule has 120 valence electrons. The van der Waals surface area contributed by atoms with Crippen LogP contribution < -0.4 is 10.0 Å². The number of hydrogen-bond acceptors (Lipinski definition) is 5. The highest BCUT2D eigenvalue weighted by Crippen LogP contribution is 2.18. The molecule has 1 saturated carbocycles. The van der Waals surface area contributed by atoms with Gasteiger partial charge in [0, 0.05) is 39.0 Å². The number of rotatable bonds is 10. The Morgan fingerprint density at radius 1 is 1.52 bits per heavy atom. The Kier molecular flexibility index (Phi) is 5.74. The van der Waals surface area contributed by atoms with Crippen LogP contribution in [0.1, 0.15) is 19.8 Å². The van der Waals surface area contributed by atoms with Crippen molar-refractivity contribution in [2.45, 2.75) is 37.2 Å². The third kappa shape index (κ3) is 5.39. The molecule has 0 aromatic carbocycles. The second-order valence-electron chi connectivity index (χ2n) is 5.58. The van der Waals surface area contributed by atoms with Crippen molar-refractivity contribution in [2.75, 3.05) is 26.8 Å². The molecule has 1 fully saturated rings. The zero-order valence-corrected chi connectivity index (χ0v) is 13.4. The summed E-state index contributed by atoms with van der Waals surface area (Å²) in [6.07, 6.45) is 5.43. The summed E-state index contributed by atoms with van der Waals surface area (Å²) >= 11 is 0. The van der Waals surface area contributed by atoms with Crippen LogP contribution in [0.15, 0.2) is 17.3 Å². The highest BCUT2D eigenvalue weighted by atomic mass is 32.2. The van der Waals surface area contributed by atoms with E-state index in [0.29, 0.717) is 25.7 Å². The molecule has 1 unspecified atom stereocenters. The molecule has 1 aromatic heterocycles. The molecule has 1 aromatic rings. The van der Waals surface area contributed by atoms with Crippen molar-refractivity contribution in [3.05, 3.63) is 12.4 Å². The molecule has 1 aliphatic carbocycles. The van der Waals surface area contributed by atoms with Gasteiger partial charge in [0.15, 0.2) is 0 Å². The molecule has 0 amide bonds. The van der Waals surface area contributed by atoms with Gasteiger partial charge in [0.25, 0.3) is 0 Å². The van der Waals surface area contributed by atoms with E-state index in [9.17, 15) is 8.42 Å². The summed E-state index contributed by atoms with van der Waals surface area (Å²) in [6, 6.07) is 0.646. The second kappa shape index (κ2) is 7.35. The quantitative estimate of drug-likeness (QED) is 0.644. The summed E-state index contributed by atoms with van der Waals surface area (Å²) in [5.41, 5.74) is 0. The Morgan fingerprint density at radius 3 is 2.95 bits per heavy atom. The van der Waals surface area contributed by atoms with Gasteiger partial charge in [0.2, 0.25) is 10.0 Å². The van der Waals surface area contributed by atoms with E-state index >= 15 is 0 Å². The monoisotopic (exact) mass is 316 g/mol. The third-order valence-electron chi connectivity index (χ3n) is 3.34. The van der Waals surface area contributed by atoms with Gasteiger partial charge in [0.1, 0.15) is 4.90 Å². The van der Waals surface area contributed by atoms with Crippen LogP contribution in [0.2, 0.25) is 0 Å². The van der Waals surface area contributed by atoms with Crippen LogP contribution in [-0.2, 0) is 21.3 Å². The number of nitrogens with zero attached hydrogens (tertiary/aromatic N) is 2. The topological polar surface area (TPSA) is 85.2 Å². The molecule has 8 heteroatoms. The van der Waals surface area contributed by atoms with Crippen LogP contribution in [0.5, 0.6) is 0 Å². The Hall–Kier alpha value is -0.960. The minimum atomic E-state index is -3.49. The van der Waals surface area contributed by atoms with Gasteiger partial charge in [-0.15, -0.1) is 0 Å². The van der Waals surface area contributed by atoms with Crippen molar-refractivity contribution in [1.82, 2.24) is 19.8 Å². The highest BCUT2D eigenvalue weighted by molar-refractivity contribution is 7.89. The number of ether oxygens (including phenoxy) is 1. The summed E-state index contributed by atoms with van der Waals surface area (Å²) < 4.78 is 33.5. The summed E-state index contributed by atoms with van der Waals surface area (Å²) in [5.74, 6) is 0.127. The molecule has 7 nitrogen and oxygen atoms in total. The highest BCUT2D eigenvalue weighted by Gasteiger charge is 2.20. The van der Waals surface area contributed by atoms with Crippen molar-refractivity contribution in [3.63, 3.8) is 0 Å². The lowest BCUT2D eigenvalue weighted by Crippen LogP contribution is -2.29. The fourth-order valence-electron chi connectivity index (χ4n) is 1.96. The molecule has 0 radical (unpaired) electrons. The zero-order valence-electron chi connectivity index (χ0n) is 12.6. The first-order valence-electron chi connectivity index (χ1n) is 7.25. The molecule has 2 rings (SSSR count). The maximum atomic E-state index is 12.1. The molecule has 1 aliphatic rings. The molecule has 21 heavy (non-hydrogen) atoms. The van der Waals surface area contributed by atoms with E-state index < -0.39 is 10.0 Å². The molecule has 0 spiro atoms. The zero-order chi connectivity index (χ0) is 15.3. The molecular formula is C13H24N4O3S. The fraction of sp³-hybridized carbons (Fsp3) is 0.769. The van der Waals surface area contributed by atoms with Gasteiger partial charge in [-0.25, -0.2) is 13.1 Å². The Labute approximate surface area is 126 Å². The predicted molar refractivity (Wildman–Crippen MR) is 79.5 cm³/mol. The smallest absolute Gasteiger partial charge is 0.243 e. The third-order valence-corrected chi connectivity index (χ3v) is 4.72. The number of nitrogens with one attached hydrogen (secondary N) is 2. The summed E-state index contributed by atoms with van der Waals surface area (Å²) in [5, 5.41) is 7.46. The van der Waals surface area contributed by atoms with E-state index in [0.717, 1.165) is 6.54 Å². The van der Waals surface area contributed by atoms with Crippen LogP contribution in [0, 0.1) is 5.92 Å². The lowest BCUT2D eigenvalue weighted by Gasteiger charge is -2.10. The van der Waals surface area contributed by atoms with E-state index in [1.165, 1.54) is 19.0 Å². The largest absolute Gasteiger partial charge is 0.384 e. The van der Waals surface area contributed by atoms with Crippen molar-refractivity contribution in [2.24, 2.45) is 5.92 Å². The van der Waals surface area contributed by atoms with E-state index in [1.54, 1.807) is 18.0 Å². The average molecular weight is 316 g/mol. The van der Waals surface area contributed by atoms with Crippen molar-refractivity contribution in [1.29, 1.82) is 0 Å². The molecule has 1 heterocycles. The molecular weight excluding hydrogens is 292 g/mol. The Bertz CT molecular complexity index is 539. The van der Waals surface area contributed by atoms with Crippen LogP contribution in [0.25, 0.3) is 0 Å². The first kappa shape index (κ1) is 16.4. The van der Waals surface area contributed by atoms with Crippen LogP contribution in [-0.4, -0.2) is 51.0 Å². The van der Waals surface area contributed by atoms with E-state index in [1.807, 2.05) is 6.92 Å². The van der Waals surface area contributed by atoms with E-state index in [-0.39, 0.29) is 10.8 Å². The Balaban J connectivity index is 1.82. The van der Waals surface area contributed by atoms with Crippen molar-refractivity contribution >= 4 is 10.0 Å². The summed E-state index contributed by atoms with van der Waals surface area (Å²) in [6.45, 7) is 4.29. The van der Waals surface area contributed by atoms with Gasteiger partial charge in [-0.3, -0.25) is 4.68 Å². The number of aromatic nitrogens is 2. The minimum Gasteiger partial charge on any atom is -0.384 e. The maximum Gasteiger partial charge on any atom is 0.243 e. The summed E-state index contributed by atoms with van der Waals surface area (Å²) in [4.78, 5) is 0.207. The van der Waals surface area contributed by atoms with Gasteiger partial charge in [-0.05, 0) is 18.8 Å². The predicted octanol–water partition coefficient (Wildman–Crippen LogP) is 0.196. The summed E-state index contributed by atoms with van der Waals surface area (Å²) in [7, 11) is -1.89. The second-order valence-corrected chi connectivity index (χ2v) is 7.35. The number of hydrogen-bond donors (Lipinski definition) is 2. The van der Waals surface area contributed by atoms with Crippen molar-refractivity contribution < 1.29 is 13.2 Å². The van der Waals surface area contributed by atoms with Crippen LogP contribution in [0.4, 0.5) is 0 Å². The Morgan fingerprint density at radius 2 is 2.29 bits per heavy atom. The standard InChI is InChI=1S/C13H24N4O3S/c1-11(10-20-2)7-16-21(18,19)13-8-15-17(9-13)6-5-14-12-3-4-12/h8-9,11-12,14,16H,3-7,10H2,1-2H3. The average Bonchev–Trinajstić information content (AvgIpc) is 3.12. The van der Waals surface area contributed by atoms with Gasteiger partial charge in [-0.2, -0.15) is 5.10 Å². The van der Waals surface area contributed by atoms with E-state index in [2.05, 4.69) is 15.1 Å². The van der Waals surface area contributed by atoms with Gasteiger partial charge in [-0.1, -0.05) is 6.92 Å². The first-order chi connectivity index (χ1) is 10.0. The molecule has 1 atom stereocenters. The fourth-order valence-corrected chi connectivity index (χ4v) is 3.07. The van der Waals surface area contributed by atoms with Crippen LogP contribution >= 0.6 is 0 Å². The van der Waals surface area contributed by atoms with Crippen molar-refractivity contribution in [3.8, 4) is 0 Å². The number of sulfonamides is 1. The van der Waals surface area contributed by atoms with Crippen LogP contribution in [0.3, 0.4) is 0 Å². The molecule has 2 N–H and O–H groups in total. The molecule has 0 bridgehead atoms. The maximum absolute atomic E-state index is 12.1. The molecule has 0 aliphatic heterocycles. The lowest BCUT2D eigenvalue weighted by atomic mass is 10.2. The molecule has 0 saturated heterocycles. The number of methoxy groups -OCH3 is 1.